The second kappa shape index (κ2) is 10.5. The second-order valence-electron chi connectivity index (χ2n) is 7.34. The fourth-order valence-electron chi connectivity index (χ4n) is 2.33. The van der Waals surface area contributed by atoms with E-state index in [-0.39, 0.29) is 41.9 Å². The van der Waals surface area contributed by atoms with Crippen molar-refractivity contribution in [2.75, 3.05) is 33.9 Å². The molecular weight excluding hydrogens is 384 g/mol. The van der Waals surface area contributed by atoms with Crippen LogP contribution in [0, 0.1) is 0 Å². The lowest BCUT2D eigenvalue weighted by Gasteiger charge is -2.20. The van der Waals surface area contributed by atoms with Crippen LogP contribution < -0.4 is 4.72 Å². The molecule has 1 N–H and O–H groups in total. The predicted octanol–water partition coefficient (Wildman–Crippen LogP) is 1.81. The van der Waals surface area contributed by atoms with Crippen molar-refractivity contribution in [2.45, 2.75) is 44.1 Å². The number of rotatable bonds is 10. The van der Waals surface area contributed by atoms with Gasteiger partial charge in [0.15, 0.2) is 0 Å². The highest BCUT2D eigenvalue weighted by molar-refractivity contribution is 7.89. The molecule has 9 heteroatoms. The highest BCUT2D eigenvalue weighted by atomic mass is 32.2. The molecule has 0 saturated carbocycles. The van der Waals surface area contributed by atoms with E-state index < -0.39 is 15.6 Å². The monoisotopic (exact) mass is 414 g/mol. The van der Waals surface area contributed by atoms with Crippen LogP contribution in [0.4, 0.5) is 0 Å². The van der Waals surface area contributed by atoms with Crippen LogP contribution in [0.3, 0.4) is 0 Å². The summed E-state index contributed by atoms with van der Waals surface area (Å²) in [7, 11) is -0.637. The zero-order valence-corrected chi connectivity index (χ0v) is 18.0. The summed E-state index contributed by atoms with van der Waals surface area (Å²) in [5.41, 5.74) is -0.281. The third-order valence-corrected chi connectivity index (χ3v) is 5.09. The SMILES string of the molecule is COCCNS(=O)(=O)c1cccc(C(=O)N(C)CCCC(=O)OC(C)(C)C)c1. The van der Waals surface area contributed by atoms with E-state index in [4.69, 9.17) is 9.47 Å². The van der Waals surface area contributed by atoms with Crippen LogP contribution in [0.15, 0.2) is 29.2 Å². The van der Waals surface area contributed by atoms with Crippen molar-refractivity contribution in [3.63, 3.8) is 0 Å². The molecule has 0 atom stereocenters. The van der Waals surface area contributed by atoms with E-state index in [1.54, 1.807) is 33.9 Å². The van der Waals surface area contributed by atoms with Crippen LogP contribution in [0.2, 0.25) is 0 Å². The van der Waals surface area contributed by atoms with Crippen molar-refractivity contribution in [1.82, 2.24) is 9.62 Å². The fourth-order valence-corrected chi connectivity index (χ4v) is 3.39. The molecule has 28 heavy (non-hydrogen) atoms. The first kappa shape index (κ1) is 24.1. The van der Waals surface area contributed by atoms with Gasteiger partial charge in [-0.1, -0.05) is 6.07 Å². The molecular formula is C19H30N2O6S. The molecule has 0 aromatic heterocycles. The number of nitrogens with one attached hydrogen (secondary N) is 1. The zero-order valence-electron chi connectivity index (χ0n) is 17.1. The average molecular weight is 415 g/mol. The number of benzene rings is 1. The molecule has 1 rings (SSSR count). The van der Waals surface area contributed by atoms with E-state index in [0.717, 1.165) is 0 Å². The standard InChI is InChI=1S/C19H30N2O6S/c1-19(2,3)27-17(22)10-7-12-21(4)18(23)15-8-6-9-16(14-15)28(24,25)20-11-13-26-5/h6,8-9,14,20H,7,10-13H2,1-5H3. The maximum absolute atomic E-state index is 12.6. The van der Waals surface area contributed by atoms with E-state index in [1.165, 1.54) is 30.2 Å². The number of methoxy groups -OCH3 is 1. The fraction of sp³-hybridized carbons (Fsp3) is 0.579. The summed E-state index contributed by atoms with van der Waals surface area (Å²) < 4.78 is 37.0. The summed E-state index contributed by atoms with van der Waals surface area (Å²) in [6, 6.07) is 5.84. The van der Waals surface area contributed by atoms with E-state index >= 15 is 0 Å². The number of esters is 1. The Kier molecular flexibility index (Phi) is 9.06. The molecule has 0 aliphatic heterocycles. The summed E-state index contributed by atoms with van der Waals surface area (Å²) in [5.74, 6) is -0.637. The van der Waals surface area contributed by atoms with Gasteiger partial charge in [-0.2, -0.15) is 0 Å². The van der Waals surface area contributed by atoms with Crippen LogP contribution >= 0.6 is 0 Å². The summed E-state index contributed by atoms with van der Waals surface area (Å²) in [4.78, 5) is 25.8. The second-order valence-corrected chi connectivity index (χ2v) is 9.10. The van der Waals surface area contributed by atoms with Crippen LogP contribution in [0.1, 0.15) is 44.0 Å². The van der Waals surface area contributed by atoms with Crippen molar-refractivity contribution >= 4 is 21.9 Å². The van der Waals surface area contributed by atoms with E-state index in [0.29, 0.717) is 13.0 Å². The minimum absolute atomic E-state index is 0.0107. The molecule has 0 aliphatic carbocycles. The molecule has 158 valence electrons. The number of carbonyl (C=O) groups is 2. The Morgan fingerprint density at radius 3 is 2.50 bits per heavy atom. The van der Waals surface area contributed by atoms with Gasteiger partial charge in [0.05, 0.1) is 11.5 Å². The van der Waals surface area contributed by atoms with E-state index in [2.05, 4.69) is 4.72 Å². The Hall–Kier alpha value is -1.97. The Balaban J connectivity index is 2.67. The van der Waals surface area contributed by atoms with Gasteiger partial charge in [-0.3, -0.25) is 9.59 Å². The first-order valence-electron chi connectivity index (χ1n) is 9.02. The summed E-state index contributed by atoms with van der Waals surface area (Å²) >= 11 is 0. The van der Waals surface area contributed by atoms with Gasteiger partial charge in [0.2, 0.25) is 10.0 Å². The van der Waals surface area contributed by atoms with Crippen LogP contribution in [0.5, 0.6) is 0 Å². The molecule has 0 bridgehead atoms. The molecule has 1 aromatic carbocycles. The minimum atomic E-state index is -3.72. The molecule has 0 saturated heterocycles. The Morgan fingerprint density at radius 2 is 1.89 bits per heavy atom. The first-order chi connectivity index (χ1) is 13.0. The van der Waals surface area contributed by atoms with Gasteiger partial charge in [0.25, 0.3) is 5.91 Å². The van der Waals surface area contributed by atoms with Crippen molar-refractivity contribution in [3.8, 4) is 0 Å². The van der Waals surface area contributed by atoms with Gasteiger partial charge >= 0.3 is 5.97 Å². The number of hydrogen-bond donors (Lipinski definition) is 1. The largest absolute Gasteiger partial charge is 0.460 e. The van der Waals surface area contributed by atoms with Gasteiger partial charge in [0, 0.05) is 39.2 Å². The number of sulfonamides is 1. The molecule has 1 aromatic rings. The van der Waals surface area contributed by atoms with Crippen molar-refractivity contribution in [3.05, 3.63) is 29.8 Å². The number of carbonyl (C=O) groups excluding carboxylic acids is 2. The van der Waals surface area contributed by atoms with Crippen LogP contribution in [0.25, 0.3) is 0 Å². The van der Waals surface area contributed by atoms with Crippen LogP contribution in [-0.2, 0) is 24.3 Å². The lowest BCUT2D eigenvalue weighted by molar-refractivity contribution is -0.154. The van der Waals surface area contributed by atoms with Crippen molar-refractivity contribution < 1.29 is 27.5 Å². The van der Waals surface area contributed by atoms with Crippen molar-refractivity contribution in [2.24, 2.45) is 0 Å². The van der Waals surface area contributed by atoms with E-state index in [9.17, 15) is 18.0 Å². The topological polar surface area (TPSA) is 102 Å². The summed E-state index contributed by atoms with van der Waals surface area (Å²) in [6.07, 6.45) is 0.653. The summed E-state index contributed by atoms with van der Waals surface area (Å²) in [5, 5.41) is 0. The van der Waals surface area contributed by atoms with Gasteiger partial charge < -0.3 is 14.4 Å². The van der Waals surface area contributed by atoms with Gasteiger partial charge in [-0.25, -0.2) is 13.1 Å². The van der Waals surface area contributed by atoms with Gasteiger partial charge in [-0.05, 0) is 45.4 Å². The molecule has 0 fully saturated rings. The molecule has 1 amide bonds. The Morgan fingerprint density at radius 1 is 1.21 bits per heavy atom. The number of ether oxygens (including phenoxy) is 2. The molecule has 0 spiro atoms. The normalized spacial score (nSPS) is 11.9. The first-order valence-corrected chi connectivity index (χ1v) is 10.5. The quantitative estimate of drug-likeness (QED) is 0.463. The van der Waals surface area contributed by atoms with Crippen LogP contribution in [-0.4, -0.2) is 64.6 Å². The number of hydrogen-bond acceptors (Lipinski definition) is 6. The highest BCUT2D eigenvalue weighted by Gasteiger charge is 2.19. The zero-order chi connectivity index (χ0) is 21.4. The third-order valence-electron chi connectivity index (χ3n) is 3.63. The lowest BCUT2D eigenvalue weighted by Crippen LogP contribution is -2.30. The lowest BCUT2D eigenvalue weighted by atomic mass is 10.2. The smallest absolute Gasteiger partial charge is 0.306 e. The number of amides is 1. The average Bonchev–Trinajstić information content (AvgIpc) is 2.59. The highest BCUT2D eigenvalue weighted by Crippen LogP contribution is 2.14. The van der Waals surface area contributed by atoms with Gasteiger partial charge in [-0.15, -0.1) is 0 Å². The maximum Gasteiger partial charge on any atom is 0.306 e. The number of nitrogens with zero attached hydrogens (tertiary/aromatic N) is 1. The molecule has 0 radical (unpaired) electrons. The predicted molar refractivity (Wildman–Crippen MR) is 106 cm³/mol. The molecule has 0 aliphatic rings. The van der Waals surface area contributed by atoms with Crippen molar-refractivity contribution in [1.29, 1.82) is 0 Å². The molecule has 0 unspecified atom stereocenters. The van der Waals surface area contributed by atoms with Gasteiger partial charge in [0.1, 0.15) is 5.60 Å². The Labute approximate surface area is 167 Å². The summed E-state index contributed by atoms with van der Waals surface area (Å²) in [6.45, 7) is 6.13. The van der Waals surface area contributed by atoms with E-state index in [1.807, 2.05) is 0 Å². The minimum Gasteiger partial charge on any atom is -0.460 e. The third kappa shape index (κ3) is 8.37. The molecule has 8 nitrogen and oxygen atoms in total. The molecule has 0 heterocycles. The maximum atomic E-state index is 12.6. The Bertz CT molecular complexity index is 771.